The molecule has 0 amide bonds. The molecule has 0 aliphatic carbocycles. The van der Waals surface area contributed by atoms with E-state index in [4.69, 9.17) is 9.15 Å². The van der Waals surface area contributed by atoms with Gasteiger partial charge in [0.05, 0.1) is 12.3 Å². The van der Waals surface area contributed by atoms with Crippen LogP contribution in [0.5, 0.6) is 5.75 Å². The first-order valence-corrected chi connectivity index (χ1v) is 8.82. The van der Waals surface area contributed by atoms with Crippen LogP contribution < -0.4 is 10.1 Å². The molecule has 0 saturated carbocycles. The molecule has 0 bridgehead atoms. The molecule has 1 aromatic carbocycles. The molecule has 6 nitrogen and oxygen atoms in total. The topological polar surface area (TPSA) is 72.5 Å². The molecule has 0 fully saturated rings. The number of fused-ring (bicyclic) bond motifs is 1. The van der Waals surface area contributed by atoms with Crippen molar-refractivity contribution < 1.29 is 9.15 Å². The van der Waals surface area contributed by atoms with Crippen molar-refractivity contribution >= 4 is 17.2 Å². The number of hydrogen-bond acceptors (Lipinski definition) is 6. The van der Waals surface area contributed by atoms with Gasteiger partial charge in [-0.25, -0.2) is 9.98 Å². The Kier molecular flexibility index (Phi) is 4.70. The molecule has 6 heteroatoms. The Bertz CT molecular complexity index is 992. The van der Waals surface area contributed by atoms with Gasteiger partial charge < -0.3 is 14.5 Å². The average molecular weight is 360 g/mol. The highest BCUT2D eigenvalue weighted by molar-refractivity contribution is 6.06. The van der Waals surface area contributed by atoms with E-state index in [1.54, 1.807) is 13.2 Å². The second-order valence-corrected chi connectivity index (χ2v) is 6.30. The van der Waals surface area contributed by atoms with Gasteiger partial charge in [-0.2, -0.15) is 0 Å². The quantitative estimate of drug-likeness (QED) is 0.672. The Morgan fingerprint density at radius 2 is 2.04 bits per heavy atom. The van der Waals surface area contributed by atoms with Crippen molar-refractivity contribution in [2.45, 2.75) is 19.8 Å². The maximum absolute atomic E-state index is 5.90. The molecule has 0 saturated heterocycles. The average Bonchev–Trinajstić information content (AvgIpc) is 3.13. The fraction of sp³-hybridized carbons (Fsp3) is 0.190. The van der Waals surface area contributed by atoms with E-state index in [0.29, 0.717) is 24.0 Å². The number of aryl methyl sites for hydroxylation is 2. The van der Waals surface area contributed by atoms with Gasteiger partial charge in [-0.05, 0) is 48.7 Å². The largest absolute Gasteiger partial charge is 0.494 e. The van der Waals surface area contributed by atoms with Crippen molar-refractivity contribution in [3.05, 3.63) is 78.3 Å². The van der Waals surface area contributed by atoms with Crippen LogP contribution in [-0.4, -0.2) is 22.4 Å². The Balaban J connectivity index is 1.42. The third kappa shape index (κ3) is 3.89. The number of aliphatic imine (C=N–C) groups is 1. The van der Waals surface area contributed by atoms with Gasteiger partial charge in [-0.1, -0.05) is 6.58 Å². The summed E-state index contributed by atoms with van der Waals surface area (Å²) in [6.45, 7) is 6.55. The molecule has 0 radical (unpaired) electrons. The van der Waals surface area contributed by atoms with E-state index < -0.39 is 0 Å². The lowest BCUT2D eigenvalue weighted by Gasteiger charge is -2.19. The first kappa shape index (κ1) is 17.0. The monoisotopic (exact) mass is 360 g/mol. The number of aromatic nitrogens is 2. The fourth-order valence-electron chi connectivity index (χ4n) is 2.91. The van der Waals surface area contributed by atoms with Gasteiger partial charge in [0.1, 0.15) is 17.7 Å². The molecule has 4 rings (SSSR count). The highest BCUT2D eigenvalue weighted by atomic mass is 16.5. The molecule has 3 heterocycles. The van der Waals surface area contributed by atoms with Gasteiger partial charge >= 0.3 is 0 Å². The Morgan fingerprint density at radius 1 is 1.19 bits per heavy atom. The number of oxazole rings is 1. The first-order chi connectivity index (χ1) is 13.2. The number of benzene rings is 1. The predicted molar refractivity (Wildman–Crippen MR) is 104 cm³/mol. The summed E-state index contributed by atoms with van der Waals surface area (Å²) in [5, 5.41) is 3.19. The molecule has 0 unspecified atom stereocenters. The van der Waals surface area contributed by atoms with Gasteiger partial charge in [-0.3, -0.25) is 4.98 Å². The van der Waals surface area contributed by atoms with Crippen molar-refractivity contribution in [3.63, 3.8) is 0 Å². The van der Waals surface area contributed by atoms with Crippen LogP contribution in [-0.2, 0) is 6.42 Å². The number of hydrogen-bond donors (Lipinski definition) is 1. The Hall–Kier alpha value is -3.41. The molecule has 1 aliphatic rings. The third-order valence-electron chi connectivity index (χ3n) is 4.28. The SMILES string of the molecule is C=C1NC(c2coc(C)n2)=Nc2ccc(OCCCc3ccncc3)cc21. The molecule has 1 N–H and O–H groups in total. The van der Waals surface area contributed by atoms with Crippen molar-refractivity contribution in [3.8, 4) is 5.75 Å². The van der Waals surface area contributed by atoms with Gasteiger partial charge in [-0.15, -0.1) is 0 Å². The number of ether oxygens (including phenoxy) is 1. The lowest BCUT2D eigenvalue weighted by molar-refractivity contribution is 0.311. The lowest BCUT2D eigenvalue weighted by Crippen LogP contribution is -2.25. The summed E-state index contributed by atoms with van der Waals surface area (Å²) in [6, 6.07) is 9.89. The molecule has 3 aromatic rings. The van der Waals surface area contributed by atoms with Crippen LogP contribution >= 0.6 is 0 Å². The molecule has 0 atom stereocenters. The molecule has 27 heavy (non-hydrogen) atoms. The zero-order valence-corrected chi connectivity index (χ0v) is 15.1. The minimum Gasteiger partial charge on any atom is -0.494 e. The fourth-order valence-corrected chi connectivity index (χ4v) is 2.91. The summed E-state index contributed by atoms with van der Waals surface area (Å²) in [5.41, 5.74) is 4.44. The van der Waals surface area contributed by atoms with Crippen LogP contribution in [0.4, 0.5) is 5.69 Å². The van der Waals surface area contributed by atoms with E-state index in [0.717, 1.165) is 35.5 Å². The van der Waals surface area contributed by atoms with Gasteiger partial charge in [0.15, 0.2) is 11.7 Å². The van der Waals surface area contributed by atoms with Crippen molar-refractivity contribution in [2.24, 2.45) is 4.99 Å². The minimum absolute atomic E-state index is 0.599. The summed E-state index contributed by atoms with van der Waals surface area (Å²) in [7, 11) is 0. The second-order valence-electron chi connectivity index (χ2n) is 6.30. The normalized spacial score (nSPS) is 12.9. The maximum Gasteiger partial charge on any atom is 0.191 e. The Labute approximate surface area is 157 Å². The minimum atomic E-state index is 0.599. The molecule has 136 valence electrons. The van der Waals surface area contributed by atoms with E-state index in [1.165, 1.54) is 5.56 Å². The van der Waals surface area contributed by atoms with Gasteiger partial charge in [0.2, 0.25) is 0 Å². The summed E-state index contributed by atoms with van der Waals surface area (Å²) in [4.78, 5) is 13.0. The van der Waals surface area contributed by atoms with Crippen LogP contribution in [0.3, 0.4) is 0 Å². The zero-order valence-electron chi connectivity index (χ0n) is 15.1. The first-order valence-electron chi connectivity index (χ1n) is 8.82. The number of nitrogens with zero attached hydrogens (tertiary/aromatic N) is 3. The molecular formula is C21H20N4O2. The number of rotatable bonds is 6. The van der Waals surface area contributed by atoms with E-state index in [2.05, 4.69) is 26.9 Å². The van der Waals surface area contributed by atoms with E-state index in [-0.39, 0.29) is 0 Å². The molecule has 0 spiro atoms. The smallest absolute Gasteiger partial charge is 0.191 e. The Morgan fingerprint density at radius 3 is 2.81 bits per heavy atom. The van der Waals surface area contributed by atoms with Crippen LogP contribution in [0.15, 0.2) is 65.0 Å². The maximum atomic E-state index is 5.90. The number of amidine groups is 1. The van der Waals surface area contributed by atoms with Crippen LogP contribution in [0.25, 0.3) is 5.70 Å². The van der Waals surface area contributed by atoms with Crippen LogP contribution in [0, 0.1) is 6.92 Å². The molecule has 1 aliphatic heterocycles. The van der Waals surface area contributed by atoms with Crippen LogP contribution in [0.2, 0.25) is 0 Å². The van der Waals surface area contributed by atoms with Crippen molar-refractivity contribution in [1.82, 2.24) is 15.3 Å². The van der Waals surface area contributed by atoms with Crippen molar-refractivity contribution in [1.29, 1.82) is 0 Å². The van der Waals surface area contributed by atoms with Gasteiger partial charge in [0.25, 0.3) is 0 Å². The van der Waals surface area contributed by atoms with E-state index in [1.807, 2.05) is 42.7 Å². The second kappa shape index (κ2) is 7.45. The highest BCUT2D eigenvalue weighted by Crippen LogP contribution is 2.32. The standard InChI is InChI=1S/C21H20N4O2/c1-14-18-12-17(26-11-3-4-16-7-9-22-10-8-16)5-6-19(18)25-21(23-14)20-13-27-15(2)24-20/h5-10,12-13H,1,3-4,11H2,2H3,(H,23,25). The van der Waals surface area contributed by atoms with Crippen molar-refractivity contribution in [2.75, 3.05) is 6.61 Å². The summed E-state index contributed by atoms with van der Waals surface area (Å²) < 4.78 is 11.2. The number of nitrogens with one attached hydrogen (secondary N) is 1. The number of pyridine rings is 1. The van der Waals surface area contributed by atoms with Crippen LogP contribution in [0.1, 0.15) is 29.1 Å². The lowest BCUT2D eigenvalue weighted by atomic mass is 10.1. The highest BCUT2D eigenvalue weighted by Gasteiger charge is 2.19. The van der Waals surface area contributed by atoms with E-state index >= 15 is 0 Å². The zero-order chi connectivity index (χ0) is 18.6. The summed E-state index contributed by atoms with van der Waals surface area (Å²) >= 11 is 0. The van der Waals surface area contributed by atoms with Gasteiger partial charge in [0, 0.05) is 30.6 Å². The predicted octanol–water partition coefficient (Wildman–Crippen LogP) is 4.04. The summed E-state index contributed by atoms with van der Waals surface area (Å²) in [6.07, 6.45) is 7.11. The molecular weight excluding hydrogens is 340 g/mol. The van der Waals surface area contributed by atoms with E-state index in [9.17, 15) is 0 Å². The third-order valence-corrected chi connectivity index (χ3v) is 4.28. The summed E-state index contributed by atoms with van der Waals surface area (Å²) in [5.74, 6) is 2.04. The molecule has 2 aromatic heterocycles.